The molecule has 2 heterocycles. The Morgan fingerprint density at radius 2 is 1.94 bits per heavy atom. The van der Waals surface area contributed by atoms with Crippen LogP contribution >= 0.6 is 0 Å². The van der Waals surface area contributed by atoms with Crippen molar-refractivity contribution in [2.75, 3.05) is 19.6 Å². The zero-order valence-corrected chi connectivity index (χ0v) is 11.1. The number of sulfonamides is 1. The summed E-state index contributed by atoms with van der Waals surface area (Å²) in [6.45, 7) is 2.29. The molecule has 0 saturated carbocycles. The van der Waals surface area contributed by atoms with Crippen molar-refractivity contribution in [3.63, 3.8) is 0 Å². The van der Waals surface area contributed by atoms with Gasteiger partial charge in [0.1, 0.15) is 0 Å². The second-order valence-electron chi connectivity index (χ2n) is 5.10. The molecule has 0 bridgehead atoms. The maximum Gasteiger partial charge on any atom is 0.243 e. The van der Waals surface area contributed by atoms with E-state index in [0.717, 1.165) is 19.4 Å². The van der Waals surface area contributed by atoms with Gasteiger partial charge in [0.05, 0.1) is 4.90 Å². The first-order valence-corrected chi connectivity index (χ1v) is 7.90. The second-order valence-corrected chi connectivity index (χ2v) is 7.04. The Bertz CT molecular complexity index is 501. The SMILES string of the molecule is O=S(=O)(c1ccccc1)N1CC2CCCNC2C1. The predicted octanol–water partition coefficient (Wildman–Crippen LogP) is 1.06. The fourth-order valence-electron chi connectivity index (χ4n) is 2.94. The summed E-state index contributed by atoms with van der Waals surface area (Å²) in [6.07, 6.45) is 2.29. The van der Waals surface area contributed by atoms with E-state index in [2.05, 4.69) is 5.32 Å². The summed E-state index contributed by atoms with van der Waals surface area (Å²) >= 11 is 0. The van der Waals surface area contributed by atoms with Gasteiger partial charge in [-0.1, -0.05) is 18.2 Å². The number of rotatable bonds is 2. The maximum absolute atomic E-state index is 12.5. The van der Waals surface area contributed by atoms with Crippen molar-refractivity contribution in [1.82, 2.24) is 9.62 Å². The van der Waals surface area contributed by atoms with Crippen LogP contribution in [-0.2, 0) is 10.0 Å². The quantitative estimate of drug-likeness (QED) is 0.871. The molecule has 2 saturated heterocycles. The number of fused-ring (bicyclic) bond motifs is 1. The van der Waals surface area contributed by atoms with Gasteiger partial charge in [0.25, 0.3) is 0 Å². The molecular formula is C13H18N2O2S. The van der Waals surface area contributed by atoms with Crippen LogP contribution in [0.25, 0.3) is 0 Å². The molecule has 0 radical (unpaired) electrons. The summed E-state index contributed by atoms with van der Waals surface area (Å²) in [4.78, 5) is 0.406. The van der Waals surface area contributed by atoms with Gasteiger partial charge < -0.3 is 5.32 Å². The Hall–Kier alpha value is -0.910. The predicted molar refractivity (Wildman–Crippen MR) is 69.7 cm³/mol. The van der Waals surface area contributed by atoms with Gasteiger partial charge in [0.2, 0.25) is 10.0 Å². The van der Waals surface area contributed by atoms with E-state index in [1.54, 1.807) is 28.6 Å². The van der Waals surface area contributed by atoms with E-state index in [1.165, 1.54) is 0 Å². The lowest BCUT2D eigenvalue weighted by atomic mass is 9.94. The third-order valence-electron chi connectivity index (χ3n) is 3.95. The summed E-state index contributed by atoms with van der Waals surface area (Å²) in [5.41, 5.74) is 0. The average molecular weight is 266 g/mol. The van der Waals surface area contributed by atoms with E-state index in [9.17, 15) is 8.42 Å². The molecular weight excluding hydrogens is 248 g/mol. The fraction of sp³-hybridized carbons (Fsp3) is 0.538. The van der Waals surface area contributed by atoms with Gasteiger partial charge in [-0.25, -0.2) is 8.42 Å². The third-order valence-corrected chi connectivity index (χ3v) is 5.79. The minimum atomic E-state index is -3.30. The van der Waals surface area contributed by atoms with Crippen molar-refractivity contribution in [3.8, 4) is 0 Å². The molecule has 4 nitrogen and oxygen atoms in total. The van der Waals surface area contributed by atoms with Crippen LogP contribution in [0.3, 0.4) is 0 Å². The van der Waals surface area contributed by atoms with E-state index in [-0.39, 0.29) is 0 Å². The number of benzene rings is 1. The molecule has 1 N–H and O–H groups in total. The average Bonchev–Trinajstić information content (AvgIpc) is 2.84. The van der Waals surface area contributed by atoms with Crippen molar-refractivity contribution < 1.29 is 8.42 Å². The Morgan fingerprint density at radius 1 is 1.17 bits per heavy atom. The van der Waals surface area contributed by atoms with Crippen LogP contribution in [0.4, 0.5) is 0 Å². The number of piperidine rings is 1. The smallest absolute Gasteiger partial charge is 0.243 e. The van der Waals surface area contributed by atoms with Crippen LogP contribution in [0.2, 0.25) is 0 Å². The first kappa shape index (κ1) is 12.1. The lowest BCUT2D eigenvalue weighted by molar-refractivity contribution is 0.339. The number of nitrogens with zero attached hydrogens (tertiary/aromatic N) is 1. The monoisotopic (exact) mass is 266 g/mol. The molecule has 0 aromatic heterocycles. The van der Waals surface area contributed by atoms with E-state index in [4.69, 9.17) is 0 Å². The largest absolute Gasteiger partial charge is 0.312 e. The number of hydrogen-bond acceptors (Lipinski definition) is 3. The zero-order chi connectivity index (χ0) is 12.6. The van der Waals surface area contributed by atoms with E-state index in [1.807, 2.05) is 6.07 Å². The van der Waals surface area contributed by atoms with Crippen LogP contribution in [0, 0.1) is 5.92 Å². The molecule has 0 aliphatic carbocycles. The van der Waals surface area contributed by atoms with Gasteiger partial charge in [0.15, 0.2) is 0 Å². The van der Waals surface area contributed by atoms with Crippen LogP contribution in [0.5, 0.6) is 0 Å². The molecule has 2 aliphatic heterocycles. The van der Waals surface area contributed by atoms with Crippen molar-refractivity contribution >= 4 is 10.0 Å². The van der Waals surface area contributed by atoms with E-state index in [0.29, 0.717) is 29.9 Å². The van der Waals surface area contributed by atoms with Crippen LogP contribution in [0.15, 0.2) is 35.2 Å². The van der Waals surface area contributed by atoms with Gasteiger partial charge >= 0.3 is 0 Å². The van der Waals surface area contributed by atoms with Gasteiger partial charge in [-0.15, -0.1) is 0 Å². The van der Waals surface area contributed by atoms with Crippen molar-refractivity contribution in [3.05, 3.63) is 30.3 Å². The highest BCUT2D eigenvalue weighted by Crippen LogP contribution is 2.29. The first-order valence-electron chi connectivity index (χ1n) is 6.46. The molecule has 2 atom stereocenters. The summed E-state index contributed by atoms with van der Waals surface area (Å²) in [7, 11) is -3.30. The molecule has 18 heavy (non-hydrogen) atoms. The normalized spacial score (nSPS) is 29.1. The number of nitrogens with one attached hydrogen (secondary N) is 1. The lowest BCUT2D eigenvalue weighted by Gasteiger charge is -2.24. The third kappa shape index (κ3) is 2.06. The molecule has 2 fully saturated rings. The molecule has 98 valence electrons. The van der Waals surface area contributed by atoms with E-state index < -0.39 is 10.0 Å². The van der Waals surface area contributed by atoms with Crippen molar-refractivity contribution in [1.29, 1.82) is 0 Å². The standard InChI is InChI=1S/C13H18N2O2S/c16-18(17,12-6-2-1-3-7-12)15-9-11-5-4-8-14-13(11)10-15/h1-3,6-7,11,13-14H,4-5,8-10H2. The minimum absolute atomic E-state index is 0.345. The molecule has 0 amide bonds. The van der Waals surface area contributed by atoms with Gasteiger partial charge in [-0.05, 0) is 37.4 Å². The van der Waals surface area contributed by atoms with Gasteiger partial charge in [-0.3, -0.25) is 0 Å². The zero-order valence-electron chi connectivity index (χ0n) is 10.2. The second kappa shape index (κ2) is 4.64. The highest BCUT2D eigenvalue weighted by molar-refractivity contribution is 7.89. The topological polar surface area (TPSA) is 49.4 Å². The van der Waals surface area contributed by atoms with Crippen LogP contribution in [0.1, 0.15) is 12.8 Å². The molecule has 3 rings (SSSR count). The number of hydrogen-bond donors (Lipinski definition) is 1. The highest BCUT2D eigenvalue weighted by Gasteiger charge is 2.39. The first-order chi connectivity index (χ1) is 8.68. The van der Waals surface area contributed by atoms with Gasteiger partial charge in [-0.2, -0.15) is 4.31 Å². The fourth-order valence-corrected chi connectivity index (χ4v) is 4.49. The maximum atomic E-state index is 12.5. The van der Waals surface area contributed by atoms with E-state index >= 15 is 0 Å². The molecule has 0 spiro atoms. The van der Waals surface area contributed by atoms with Crippen molar-refractivity contribution in [2.45, 2.75) is 23.8 Å². The highest BCUT2D eigenvalue weighted by atomic mass is 32.2. The van der Waals surface area contributed by atoms with Crippen LogP contribution in [-0.4, -0.2) is 38.4 Å². The molecule has 5 heteroatoms. The summed E-state index contributed by atoms with van der Waals surface area (Å²) in [5.74, 6) is 0.484. The van der Waals surface area contributed by atoms with Crippen molar-refractivity contribution in [2.24, 2.45) is 5.92 Å². The molecule has 1 aromatic carbocycles. The van der Waals surface area contributed by atoms with Gasteiger partial charge in [0, 0.05) is 19.1 Å². The molecule has 1 aromatic rings. The summed E-state index contributed by atoms with van der Waals surface area (Å²) in [6, 6.07) is 9.07. The Labute approximate surface area is 108 Å². The minimum Gasteiger partial charge on any atom is -0.312 e. The molecule has 2 aliphatic rings. The lowest BCUT2D eigenvalue weighted by Crippen LogP contribution is -2.41. The summed E-state index contributed by atoms with van der Waals surface area (Å²) < 4.78 is 26.6. The Balaban J connectivity index is 1.83. The summed E-state index contributed by atoms with van der Waals surface area (Å²) in [5, 5.41) is 3.43. The Morgan fingerprint density at radius 3 is 2.67 bits per heavy atom. The molecule has 2 unspecified atom stereocenters. The Kier molecular flexibility index (Phi) is 3.13. The van der Waals surface area contributed by atoms with Crippen LogP contribution < -0.4 is 5.32 Å².